The maximum atomic E-state index is 13.3. The lowest BCUT2D eigenvalue weighted by molar-refractivity contribution is 0.268. The molecule has 0 saturated heterocycles. The molecule has 20 heavy (non-hydrogen) atoms. The summed E-state index contributed by atoms with van der Waals surface area (Å²) in [5, 5.41) is 0.00516. The predicted molar refractivity (Wildman–Crippen MR) is 74.2 cm³/mol. The fraction of sp³-hybridized carbons (Fsp3) is 0.0714. The van der Waals surface area contributed by atoms with Crippen LogP contribution in [-0.2, 0) is 6.61 Å². The number of oxazole rings is 1. The highest BCUT2D eigenvalue weighted by molar-refractivity contribution is 6.31. The van der Waals surface area contributed by atoms with Crippen LogP contribution < -0.4 is 10.5 Å². The number of ether oxygens (including phenoxy) is 1. The number of fused-ring (bicyclic) bond motifs is 1. The lowest BCUT2D eigenvalue weighted by Crippen LogP contribution is -1.98. The van der Waals surface area contributed by atoms with Crippen LogP contribution >= 0.6 is 11.6 Å². The third-order valence-electron chi connectivity index (χ3n) is 2.74. The van der Waals surface area contributed by atoms with Crippen LogP contribution in [0.5, 0.6) is 5.75 Å². The number of nitrogen functional groups attached to an aromatic ring is 1. The minimum Gasteiger partial charge on any atom is -0.482 e. The molecule has 0 bridgehead atoms. The minimum atomic E-state index is -0.546. The van der Waals surface area contributed by atoms with Crippen molar-refractivity contribution in [3.8, 4) is 5.75 Å². The monoisotopic (exact) mass is 292 g/mol. The lowest BCUT2D eigenvalue weighted by Gasteiger charge is -2.05. The Morgan fingerprint density at radius 3 is 2.90 bits per heavy atom. The zero-order chi connectivity index (χ0) is 14.1. The highest BCUT2D eigenvalue weighted by Gasteiger charge is 2.10. The van der Waals surface area contributed by atoms with Crippen molar-refractivity contribution in [1.82, 2.24) is 4.98 Å². The summed E-state index contributed by atoms with van der Waals surface area (Å²) in [7, 11) is 0. The Labute approximate surface area is 118 Å². The van der Waals surface area contributed by atoms with Gasteiger partial charge in [0.2, 0.25) is 5.89 Å². The van der Waals surface area contributed by atoms with Gasteiger partial charge in [0, 0.05) is 6.07 Å². The van der Waals surface area contributed by atoms with Crippen molar-refractivity contribution in [2.24, 2.45) is 0 Å². The number of anilines is 1. The molecular formula is C14H10ClFN2O2. The number of benzene rings is 2. The largest absolute Gasteiger partial charge is 0.482 e. The van der Waals surface area contributed by atoms with E-state index in [2.05, 4.69) is 4.98 Å². The molecule has 3 rings (SSSR count). The van der Waals surface area contributed by atoms with E-state index in [9.17, 15) is 4.39 Å². The van der Waals surface area contributed by atoms with E-state index in [0.717, 1.165) is 0 Å². The van der Waals surface area contributed by atoms with Crippen molar-refractivity contribution in [2.45, 2.75) is 6.61 Å². The number of nitrogens with zero attached hydrogens (tertiary/aromatic N) is 1. The molecule has 6 heteroatoms. The van der Waals surface area contributed by atoms with E-state index in [0.29, 0.717) is 28.4 Å². The fourth-order valence-corrected chi connectivity index (χ4v) is 1.94. The molecule has 0 amide bonds. The lowest BCUT2D eigenvalue weighted by atomic mass is 10.3. The predicted octanol–water partition coefficient (Wildman–Crippen LogP) is 3.78. The molecule has 0 aliphatic carbocycles. The Balaban J connectivity index is 1.83. The third kappa shape index (κ3) is 2.40. The fourth-order valence-electron chi connectivity index (χ4n) is 1.78. The first-order chi connectivity index (χ1) is 9.63. The number of aromatic nitrogens is 1. The van der Waals surface area contributed by atoms with Gasteiger partial charge in [0.1, 0.15) is 17.1 Å². The summed E-state index contributed by atoms with van der Waals surface area (Å²) in [5.74, 6) is 0.318. The van der Waals surface area contributed by atoms with Gasteiger partial charge in [0.25, 0.3) is 0 Å². The van der Waals surface area contributed by atoms with Gasteiger partial charge in [0.15, 0.2) is 12.2 Å². The smallest absolute Gasteiger partial charge is 0.233 e. The van der Waals surface area contributed by atoms with Crippen LogP contribution in [0.4, 0.5) is 10.1 Å². The van der Waals surface area contributed by atoms with Crippen LogP contribution in [0.25, 0.3) is 11.1 Å². The molecule has 4 nitrogen and oxygen atoms in total. The van der Waals surface area contributed by atoms with Gasteiger partial charge in [-0.3, -0.25) is 0 Å². The summed E-state index contributed by atoms with van der Waals surface area (Å²) in [5.41, 5.74) is 7.09. The number of hydrogen-bond acceptors (Lipinski definition) is 4. The maximum absolute atomic E-state index is 13.3. The van der Waals surface area contributed by atoms with Crippen molar-refractivity contribution in [3.63, 3.8) is 0 Å². The van der Waals surface area contributed by atoms with E-state index in [1.165, 1.54) is 12.1 Å². The van der Waals surface area contributed by atoms with E-state index in [4.69, 9.17) is 26.5 Å². The quantitative estimate of drug-likeness (QED) is 0.746. The van der Waals surface area contributed by atoms with Gasteiger partial charge < -0.3 is 14.9 Å². The van der Waals surface area contributed by atoms with E-state index in [1.807, 2.05) is 12.1 Å². The number of rotatable bonds is 3. The molecule has 102 valence electrons. The standard InChI is InChI=1S/C14H10ClFN2O2/c15-8-5-11-13(6-9(8)16)20-14(18-11)7-19-12-4-2-1-3-10(12)17/h1-6H,7,17H2. The summed E-state index contributed by atoms with van der Waals surface area (Å²) in [4.78, 5) is 4.18. The third-order valence-corrected chi connectivity index (χ3v) is 3.03. The van der Waals surface area contributed by atoms with Crippen LogP contribution in [0.3, 0.4) is 0 Å². The van der Waals surface area contributed by atoms with Gasteiger partial charge in [-0.05, 0) is 18.2 Å². The summed E-state index contributed by atoms with van der Waals surface area (Å²) in [6.07, 6.45) is 0. The molecule has 0 aliphatic rings. The molecule has 0 fully saturated rings. The van der Waals surface area contributed by atoms with Crippen molar-refractivity contribution in [2.75, 3.05) is 5.73 Å². The first-order valence-corrected chi connectivity index (χ1v) is 6.23. The van der Waals surface area contributed by atoms with Crippen molar-refractivity contribution in [1.29, 1.82) is 0 Å². The van der Waals surface area contributed by atoms with Crippen molar-refractivity contribution < 1.29 is 13.5 Å². The number of hydrogen-bond donors (Lipinski definition) is 1. The molecule has 0 spiro atoms. The number of nitrogens with two attached hydrogens (primary N) is 1. The normalized spacial score (nSPS) is 10.9. The van der Waals surface area contributed by atoms with E-state index in [1.54, 1.807) is 12.1 Å². The molecule has 2 aromatic carbocycles. The molecule has 2 N–H and O–H groups in total. The van der Waals surface area contributed by atoms with Crippen LogP contribution in [-0.4, -0.2) is 4.98 Å². The molecule has 0 aliphatic heterocycles. The molecule has 1 heterocycles. The number of para-hydroxylation sites is 2. The Morgan fingerprint density at radius 1 is 1.30 bits per heavy atom. The number of halogens is 2. The Kier molecular flexibility index (Phi) is 3.20. The SMILES string of the molecule is Nc1ccccc1OCc1nc2cc(Cl)c(F)cc2o1. The summed E-state index contributed by atoms with van der Waals surface area (Å²) >= 11 is 5.69. The second-order valence-electron chi connectivity index (χ2n) is 4.17. The van der Waals surface area contributed by atoms with E-state index < -0.39 is 5.82 Å². The average Bonchev–Trinajstić information content (AvgIpc) is 2.80. The van der Waals surface area contributed by atoms with Gasteiger partial charge in [-0.1, -0.05) is 23.7 Å². The van der Waals surface area contributed by atoms with Gasteiger partial charge >= 0.3 is 0 Å². The van der Waals surface area contributed by atoms with Gasteiger partial charge in [-0.2, -0.15) is 0 Å². The van der Waals surface area contributed by atoms with Gasteiger partial charge in [-0.15, -0.1) is 0 Å². The zero-order valence-electron chi connectivity index (χ0n) is 10.3. The van der Waals surface area contributed by atoms with Crippen LogP contribution in [0, 0.1) is 5.82 Å². The topological polar surface area (TPSA) is 61.3 Å². The molecular weight excluding hydrogens is 283 g/mol. The zero-order valence-corrected chi connectivity index (χ0v) is 11.0. The molecule has 0 radical (unpaired) electrons. The van der Waals surface area contributed by atoms with Gasteiger partial charge in [0.05, 0.1) is 10.7 Å². The Hall–Kier alpha value is -2.27. The second-order valence-corrected chi connectivity index (χ2v) is 4.58. The Bertz CT molecular complexity index is 734. The summed E-state index contributed by atoms with van der Waals surface area (Å²) in [6.45, 7) is 0.0993. The van der Waals surface area contributed by atoms with Crippen molar-refractivity contribution in [3.05, 3.63) is 53.1 Å². The highest BCUT2D eigenvalue weighted by atomic mass is 35.5. The minimum absolute atomic E-state index is 0.00516. The molecule has 3 aromatic rings. The summed E-state index contributed by atoms with van der Waals surface area (Å²) < 4.78 is 24.2. The van der Waals surface area contributed by atoms with E-state index in [-0.39, 0.29) is 11.6 Å². The molecule has 0 saturated carbocycles. The second kappa shape index (κ2) is 5.02. The highest BCUT2D eigenvalue weighted by Crippen LogP contribution is 2.25. The van der Waals surface area contributed by atoms with Crippen LogP contribution in [0.2, 0.25) is 5.02 Å². The van der Waals surface area contributed by atoms with Gasteiger partial charge in [-0.25, -0.2) is 9.37 Å². The Morgan fingerprint density at radius 2 is 2.10 bits per heavy atom. The van der Waals surface area contributed by atoms with Crippen LogP contribution in [0.15, 0.2) is 40.8 Å². The molecule has 1 aromatic heterocycles. The van der Waals surface area contributed by atoms with Crippen molar-refractivity contribution >= 4 is 28.4 Å². The van der Waals surface area contributed by atoms with Crippen LogP contribution in [0.1, 0.15) is 5.89 Å². The first-order valence-electron chi connectivity index (χ1n) is 5.85. The van der Waals surface area contributed by atoms with E-state index >= 15 is 0 Å². The average molecular weight is 293 g/mol. The summed E-state index contributed by atoms with van der Waals surface area (Å²) in [6, 6.07) is 9.71. The maximum Gasteiger partial charge on any atom is 0.233 e. The molecule has 0 atom stereocenters. The molecule has 0 unspecified atom stereocenters. The first kappa shape index (κ1) is 12.7.